The van der Waals surface area contributed by atoms with Crippen LogP contribution in [-0.4, -0.2) is 66.5 Å². The number of carbonyl (C=O) groups is 2. The van der Waals surface area contributed by atoms with E-state index >= 15 is 0 Å². The molecule has 38 heavy (non-hydrogen) atoms. The van der Waals surface area contributed by atoms with Gasteiger partial charge in [-0.15, -0.1) is 0 Å². The number of likely N-dealkylation sites (N-methyl/N-ethyl adjacent to an activating group) is 1. The minimum Gasteiger partial charge on any atom is -0.393 e. The predicted octanol–water partition coefficient (Wildman–Crippen LogP) is 4.32. The summed E-state index contributed by atoms with van der Waals surface area (Å²) in [4.78, 5) is 31.5. The first kappa shape index (κ1) is 27.9. The fourth-order valence-corrected chi connectivity index (χ4v) is 9.82. The Morgan fingerprint density at radius 2 is 1.74 bits per heavy atom. The van der Waals surface area contributed by atoms with E-state index in [0.29, 0.717) is 29.7 Å². The predicted molar refractivity (Wildman–Crippen MR) is 147 cm³/mol. The Morgan fingerprint density at radius 1 is 1.00 bits per heavy atom. The second-order valence-electron chi connectivity index (χ2n) is 14.0. The van der Waals surface area contributed by atoms with Crippen molar-refractivity contribution in [3.63, 3.8) is 0 Å². The maximum Gasteiger partial charge on any atom is 0.433 e. The zero-order chi connectivity index (χ0) is 27.2. The van der Waals surface area contributed by atoms with Crippen LogP contribution in [0.2, 0.25) is 0 Å². The molecular weight excluding hydrogens is 480 g/mol. The zero-order valence-corrected chi connectivity index (χ0v) is 24.2. The van der Waals surface area contributed by atoms with Crippen molar-refractivity contribution in [3.05, 3.63) is 0 Å². The first-order chi connectivity index (χ1) is 18.0. The third-order valence-corrected chi connectivity index (χ3v) is 11.9. The summed E-state index contributed by atoms with van der Waals surface area (Å²) in [6.07, 6.45) is 11.6. The molecule has 0 spiro atoms. The van der Waals surface area contributed by atoms with E-state index in [1.54, 1.807) is 19.0 Å². The number of hydrogen-bond donors (Lipinski definition) is 3. The van der Waals surface area contributed by atoms with Crippen LogP contribution in [0.4, 0.5) is 4.79 Å². The average molecular weight is 531 g/mol. The van der Waals surface area contributed by atoms with Gasteiger partial charge >= 0.3 is 6.09 Å². The Hall–Kier alpha value is -1.67. The van der Waals surface area contributed by atoms with Crippen molar-refractivity contribution in [2.75, 3.05) is 20.6 Å². The van der Waals surface area contributed by atoms with Crippen molar-refractivity contribution in [3.8, 4) is 0 Å². The van der Waals surface area contributed by atoms with E-state index < -0.39 is 6.09 Å². The van der Waals surface area contributed by atoms with Crippen LogP contribution in [0, 0.1) is 40.4 Å². The highest BCUT2D eigenvalue weighted by Crippen LogP contribution is 2.67. The van der Waals surface area contributed by atoms with Crippen molar-refractivity contribution < 1.29 is 19.5 Å². The van der Waals surface area contributed by atoms with Gasteiger partial charge in [-0.25, -0.2) is 4.79 Å². The van der Waals surface area contributed by atoms with E-state index in [1.807, 2.05) is 6.92 Å². The number of hydrogen-bond acceptors (Lipinski definition) is 6. The Kier molecular flexibility index (Phi) is 7.86. The minimum absolute atomic E-state index is 0.0654. The molecule has 0 radical (unpaired) electrons. The molecule has 10 atom stereocenters. The summed E-state index contributed by atoms with van der Waals surface area (Å²) >= 11 is 0. The lowest BCUT2D eigenvalue weighted by Gasteiger charge is -2.61. The lowest BCUT2D eigenvalue weighted by Crippen LogP contribution is -2.54. The van der Waals surface area contributed by atoms with E-state index in [9.17, 15) is 14.7 Å². The fraction of sp³-hybridized carbons (Fsp3) is 0.900. The number of rotatable bonds is 5. The van der Waals surface area contributed by atoms with Gasteiger partial charge in [-0.2, -0.15) is 0 Å². The maximum atomic E-state index is 12.4. The molecule has 5 fully saturated rings. The molecule has 0 aromatic carbocycles. The first-order valence-corrected chi connectivity index (χ1v) is 15.2. The van der Waals surface area contributed by atoms with E-state index in [2.05, 4.69) is 29.6 Å². The van der Waals surface area contributed by atoms with Crippen LogP contribution in [0.1, 0.15) is 91.4 Å². The van der Waals surface area contributed by atoms with Crippen LogP contribution < -0.4 is 10.6 Å². The molecule has 4 aliphatic carbocycles. The van der Waals surface area contributed by atoms with Crippen LogP contribution in [-0.2, 0) is 9.63 Å². The lowest BCUT2D eigenvalue weighted by molar-refractivity contribution is -0.130. The molecule has 5 aliphatic rings. The van der Waals surface area contributed by atoms with Gasteiger partial charge in [0, 0.05) is 32.6 Å². The van der Waals surface area contributed by atoms with Crippen molar-refractivity contribution in [2.24, 2.45) is 45.6 Å². The van der Waals surface area contributed by atoms with Gasteiger partial charge in [-0.3, -0.25) is 9.63 Å². The van der Waals surface area contributed by atoms with Crippen LogP contribution in [0.5, 0.6) is 0 Å². The highest BCUT2D eigenvalue weighted by atomic mass is 16.7. The van der Waals surface area contributed by atoms with Gasteiger partial charge in [-0.1, -0.05) is 19.0 Å². The van der Waals surface area contributed by atoms with Gasteiger partial charge < -0.3 is 20.6 Å². The Balaban J connectivity index is 1.15. The number of fused-ring (bicyclic) bond motifs is 5. The van der Waals surface area contributed by atoms with Gasteiger partial charge in [0.25, 0.3) is 0 Å². The number of carbonyl (C=O) groups excluding carboxylic acids is 2. The topological polar surface area (TPSA) is 103 Å². The summed E-state index contributed by atoms with van der Waals surface area (Å²) in [5.41, 5.74) is 1.55. The largest absolute Gasteiger partial charge is 0.433 e. The van der Waals surface area contributed by atoms with Gasteiger partial charge in [0.1, 0.15) is 0 Å². The van der Waals surface area contributed by atoms with Crippen LogP contribution in [0.25, 0.3) is 0 Å². The van der Waals surface area contributed by atoms with Gasteiger partial charge in [0.05, 0.1) is 17.9 Å². The quantitative estimate of drug-likeness (QED) is 0.279. The SMILES string of the molecule is C/C(=N\OC(=O)NCC1CCC(C(=O)N(C)C)N1)[C@H]1CC[C@H]2[C@@H]3CC[C@H]4C[C@H](O)CC[C@]4(C)[C@H]3CC[C@]12C. The molecule has 0 aromatic rings. The molecule has 214 valence electrons. The standard InChI is InChI=1S/C30H50N4O4/c1-18(33-38-28(37)31-17-20-7-11-26(32-20)27(36)34(4)5)23-9-10-24-22-8-6-19-16-21(35)12-14-29(19,2)25(22)13-15-30(23,24)3/h19-26,32,35H,6-17H2,1-5H3,(H,31,37)/b33-18+/t19-,20?,21+,22-,23+,24-,25-,26?,29-,30+/m0/s1. The summed E-state index contributed by atoms with van der Waals surface area (Å²) in [5, 5.41) is 20.8. The molecule has 2 unspecified atom stereocenters. The normalized spacial score (nSPS) is 44.5. The third kappa shape index (κ3) is 5.00. The van der Waals surface area contributed by atoms with Crippen molar-refractivity contribution in [2.45, 2.75) is 110 Å². The molecule has 5 rings (SSSR count). The van der Waals surface area contributed by atoms with E-state index in [-0.39, 0.29) is 29.5 Å². The van der Waals surface area contributed by atoms with E-state index in [4.69, 9.17) is 4.84 Å². The third-order valence-electron chi connectivity index (χ3n) is 11.9. The summed E-state index contributed by atoms with van der Waals surface area (Å²) in [5.74, 6) is 3.38. The molecule has 0 bridgehead atoms. The van der Waals surface area contributed by atoms with Crippen molar-refractivity contribution in [1.82, 2.24) is 15.5 Å². The minimum atomic E-state index is -0.525. The lowest BCUT2D eigenvalue weighted by atomic mass is 9.44. The number of amides is 2. The van der Waals surface area contributed by atoms with Gasteiger partial charge in [0.15, 0.2) is 0 Å². The zero-order valence-electron chi connectivity index (χ0n) is 24.2. The molecule has 1 heterocycles. The van der Waals surface area contributed by atoms with Gasteiger partial charge in [0.2, 0.25) is 5.91 Å². The summed E-state index contributed by atoms with van der Waals surface area (Å²) in [6, 6.07) is -0.114. The smallest absolute Gasteiger partial charge is 0.393 e. The highest BCUT2D eigenvalue weighted by Gasteiger charge is 2.60. The second-order valence-corrected chi connectivity index (χ2v) is 14.0. The number of aliphatic hydroxyl groups excluding tert-OH is 1. The molecule has 0 aromatic heterocycles. The molecule has 8 heteroatoms. The van der Waals surface area contributed by atoms with E-state index in [0.717, 1.165) is 49.7 Å². The molecule has 1 aliphatic heterocycles. The van der Waals surface area contributed by atoms with Crippen LogP contribution in [0.3, 0.4) is 0 Å². The highest BCUT2D eigenvalue weighted by molar-refractivity contribution is 5.85. The summed E-state index contributed by atoms with van der Waals surface area (Å²) in [7, 11) is 3.53. The molecular formula is C30H50N4O4. The number of oxime groups is 1. The molecule has 8 nitrogen and oxygen atoms in total. The average Bonchev–Trinajstić information content (AvgIpc) is 3.50. The Morgan fingerprint density at radius 3 is 2.50 bits per heavy atom. The second kappa shape index (κ2) is 10.7. The Bertz CT molecular complexity index is 939. The summed E-state index contributed by atoms with van der Waals surface area (Å²) < 4.78 is 0. The first-order valence-electron chi connectivity index (χ1n) is 15.2. The maximum absolute atomic E-state index is 12.4. The number of nitrogens with zero attached hydrogens (tertiary/aromatic N) is 2. The summed E-state index contributed by atoms with van der Waals surface area (Å²) in [6.45, 7) is 7.47. The molecule has 2 amide bonds. The fourth-order valence-electron chi connectivity index (χ4n) is 9.82. The van der Waals surface area contributed by atoms with E-state index in [1.165, 1.54) is 38.5 Å². The molecule has 3 N–H and O–H groups in total. The van der Waals surface area contributed by atoms with Crippen LogP contribution in [0.15, 0.2) is 5.16 Å². The monoisotopic (exact) mass is 530 g/mol. The van der Waals surface area contributed by atoms with Crippen molar-refractivity contribution in [1.29, 1.82) is 0 Å². The van der Waals surface area contributed by atoms with Gasteiger partial charge in [-0.05, 0) is 112 Å². The van der Waals surface area contributed by atoms with Crippen LogP contribution >= 0.6 is 0 Å². The van der Waals surface area contributed by atoms with Crippen molar-refractivity contribution >= 4 is 17.7 Å². The number of nitrogens with one attached hydrogen (secondary N) is 2. The Labute approximate surface area is 228 Å². The molecule has 1 saturated heterocycles. The molecule has 4 saturated carbocycles. The number of aliphatic hydroxyl groups is 1.